The van der Waals surface area contributed by atoms with Crippen LogP contribution < -0.4 is 22.0 Å². The van der Waals surface area contributed by atoms with Crippen molar-refractivity contribution in [3.8, 4) is 5.75 Å². The van der Waals surface area contributed by atoms with Gasteiger partial charge in [-0.1, -0.05) is 23.2 Å². The van der Waals surface area contributed by atoms with E-state index in [9.17, 15) is 0 Å². The number of quaternary nitrogens is 1. The molecule has 0 bridgehead atoms. The highest BCUT2D eigenvalue weighted by molar-refractivity contribution is 6.34. The van der Waals surface area contributed by atoms with Gasteiger partial charge in [0.05, 0.1) is 18.1 Å². The van der Waals surface area contributed by atoms with Crippen LogP contribution in [0.4, 0.5) is 0 Å². The van der Waals surface area contributed by atoms with Gasteiger partial charge < -0.3 is 22.0 Å². The summed E-state index contributed by atoms with van der Waals surface area (Å²) >= 11 is 11.9. The molecule has 2 nitrogen and oxygen atoms in total. The highest BCUT2D eigenvalue weighted by Crippen LogP contribution is 2.27. The molecule has 1 N–H and O–H groups in total. The Bertz CT molecular complexity index is 330. The summed E-state index contributed by atoms with van der Waals surface area (Å²) in [6.45, 7) is 8.22. The Morgan fingerprint density at radius 3 is 2.41 bits per heavy atom. The molecule has 0 unspecified atom stereocenters. The molecule has 0 aliphatic heterocycles. The van der Waals surface area contributed by atoms with E-state index in [1.54, 1.807) is 18.2 Å². The van der Waals surface area contributed by atoms with E-state index in [0.717, 1.165) is 19.6 Å². The van der Waals surface area contributed by atoms with Crippen LogP contribution in [0.25, 0.3) is 0 Å². The molecule has 0 saturated heterocycles. The third kappa shape index (κ3) is 5.82. The number of nitrogens with one attached hydrogen (secondary N) is 1. The van der Waals surface area contributed by atoms with Gasteiger partial charge in [0, 0.05) is 11.1 Å². The van der Waals surface area contributed by atoms with Gasteiger partial charge in [-0.15, -0.1) is 0 Å². The normalized spacial score (nSPS) is 10.2. The Morgan fingerprint density at radius 1 is 1.18 bits per heavy atom. The van der Waals surface area contributed by atoms with Gasteiger partial charge >= 0.3 is 0 Å². The van der Waals surface area contributed by atoms with Gasteiger partial charge in [-0.2, -0.15) is 0 Å². The number of benzene rings is 1. The third-order valence-electron chi connectivity index (χ3n) is 2.61. The van der Waals surface area contributed by atoms with Crippen molar-refractivity contribution in [2.24, 2.45) is 0 Å². The van der Waals surface area contributed by atoms with E-state index in [1.807, 2.05) is 0 Å². The molecule has 0 aliphatic rings. The molecule has 0 amide bonds. The van der Waals surface area contributed by atoms with Crippen molar-refractivity contribution in [3.05, 3.63) is 28.2 Å². The van der Waals surface area contributed by atoms with E-state index in [4.69, 9.17) is 27.9 Å². The predicted molar refractivity (Wildman–Crippen MR) is 68.9 cm³/mol. The minimum absolute atomic E-state index is 0. The van der Waals surface area contributed by atoms with Crippen LogP contribution in [0, 0.1) is 0 Å². The lowest BCUT2D eigenvalue weighted by Gasteiger charge is -2.16. The first-order valence-electron chi connectivity index (χ1n) is 5.58. The van der Waals surface area contributed by atoms with Crippen molar-refractivity contribution in [1.29, 1.82) is 0 Å². The average molecular weight is 299 g/mol. The maximum Gasteiger partial charge on any atom is 0.139 e. The van der Waals surface area contributed by atoms with Gasteiger partial charge in [-0.25, -0.2) is 0 Å². The Kier molecular flexibility index (Phi) is 8.79. The molecule has 0 spiro atoms. The van der Waals surface area contributed by atoms with Crippen molar-refractivity contribution < 1.29 is 22.0 Å². The summed E-state index contributed by atoms with van der Waals surface area (Å²) in [6, 6.07) is 5.26. The van der Waals surface area contributed by atoms with Gasteiger partial charge in [0.25, 0.3) is 0 Å². The monoisotopic (exact) mass is 297 g/mol. The number of hydrogen-bond acceptors (Lipinski definition) is 1. The fourth-order valence-electron chi connectivity index (χ4n) is 1.50. The van der Waals surface area contributed by atoms with Crippen LogP contribution in [-0.2, 0) is 0 Å². The molecule has 0 radical (unpaired) electrons. The Balaban J connectivity index is 0.00000256. The fraction of sp³-hybridized carbons (Fsp3) is 0.500. The molecular weight excluding hydrogens is 280 g/mol. The second kappa shape index (κ2) is 8.87. The van der Waals surface area contributed by atoms with E-state index in [0.29, 0.717) is 22.4 Å². The lowest BCUT2D eigenvalue weighted by molar-refractivity contribution is -0.896. The van der Waals surface area contributed by atoms with E-state index in [2.05, 4.69) is 13.8 Å². The molecule has 1 aromatic carbocycles. The first-order valence-corrected chi connectivity index (χ1v) is 6.34. The summed E-state index contributed by atoms with van der Waals surface area (Å²) in [5, 5.41) is 1.26. The number of ether oxygens (including phenoxy) is 1. The summed E-state index contributed by atoms with van der Waals surface area (Å²) in [5.41, 5.74) is 0. The van der Waals surface area contributed by atoms with E-state index < -0.39 is 0 Å². The Labute approximate surface area is 119 Å². The number of halogens is 3. The quantitative estimate of drug-likeness (QED) is 0.733. The summed E-state index contributed by atoms with van der Waals surface area (Å²) in [5.74, 6) is 0.667. The van der Waals surface area contributed by atoms with Crippen molar-refractivity contribution in [3.63, 3.8) is 0 Å². The highest BCUT2D eigenvalue weighted by Gasteiger charge is 2.05. The molecular formula is C12H18Cl3NO. The minimum atomic E-state index is 0. The van der Waals surface area contributed by atoms with E-state index in [-0.39, 0.29) is 12.4 Å². The van der Waals surface area contributed by atoms with Crippen LogP contribution in [-0.4, -0.2) is 26.2 Å². The van der Waals surface area contributed by atoms with Crippen LogP contribution in [0.3, 0.4) is 0 Å². The van der Waals surface area contributed by atoms with Gasteiger partial charge in [0.2, 0.25) is 0 Å². The topological polar surface area (TPSA) is 13.7 Å². The zero-order chi connectivity index (χ0) is 12.0. The Morgan fingerprint density at radius 2 is 1.82 bits per heavy atom. The van der Waals surface area contributed by atoms with Crippen molar-refractivity contribution in [2.45, 2.75) is 13.8 Å². The van der Waals surface area contributed by atoms with Gasteiger partial charge in [0.15, 0.2) is 0 Å². The summed E-state index contributed by atoms with van der Waals surface area (Å²) in [4.78, 5) is 1.51. The number of likely N-dealkylation sites (N-methyl/N-ethyl adjacent to an activating group) is 1. The fourth-order valence-corrected chi connectivity index (χ4v) is 1.83. The van der Waals surface area contributed by atoms with Crippen molar-refractivity contribution >= 4 is 23.2 Å². The molecule has 98 valence electrons. The van der Waals surface area contributed by atoms with E-state index in [1.165, 1.54) is 4.90 Å². The molecule has 0 heterocycles. The number of rotatable bonds is 6. The molecule has 0 saturated carbocycles. The maximum absolute atomic E-state index is 5.99. The third-order valence-corrected chi connectivity index (χ3v) is 3.15. The first kappa shape index (κ1) is 16.9. The molecule has 0 fully saturated rings. The molecule has 5 heteroatoms. The lowest BCUT2D eigenvalue weighted by atomic mass is 10.3. The highest BCUT2D eigenvalue weighted by atomic mass is 35.5. The van der Waals surface area contributed by atoms with Crippen LogP contribution >= 0.6 is 23.2 Å². The largest absolute Gasteiger partial charge is 1.00 e. The zero-order valence-corrected chi connectivity index (χ0v) is 12.4. The second-order valence-corrected chi connectivity index (χ2v) is 4.47. The van der Waals surface area contributed by atoms with Crippen LogP contribution in [0.1, 0.15) is 13.8 Å². The van der Waals surface area contributed by atoms with Crippen LogP contribution in [0.5, 0.6) is 5.75 Å². The maximum atomic E-state index is 5.99. The van der Waals surface area contributed by atoms with Crippen LogP contribution in [0.2, 0.25) is 10.0 Å². The average Bonchev–Trinajstić information content (AvgIpc) is 2.29. The molecule has 0 atom stereocenters. The predicted octanol–water partition coefficient (Wildman–Crippen LogP) is -0.699. The first-order chi connectivity index (χ1) is 7.67. The SMILES string of the molecule is CC[NH+](CC)CCOc1cc(Cl)ccc1Cl.[Cl-]. The van der Waals surface area contributed by atoms with Crippen molar-refractivity contribution in [1.82, 2.24) is 0 Å². The molecule has 1 aromatic rings. The second-order valence-electron chi connectivity index (χ2n) is 3.63. The Hall–Kier alpha value is -0.150. The summed E-state index contributed by atoms with van der Waals surface area (Å²) in [7, 11) is 0. The van der Waals surface area contributed by atoms with E-state index >= 15 is 0 Å². The molecule has 1 rings (SSSR count). The standard InChI is InChI=1S/C12H17Cl2NO.ClH/c1-3-15(4-2)7-8-16-12-9-10(13)5-6-11(12)14;/h5-6,9H,3-4,7-8H2,1-2H3;1H. The van der Waals surface area contributed by atoms with Crippen LogP contribution in [0.15, 0.2) is 18.2 Å². The van der Waals surface area contributed by atoms with Gasteiger partial charge in [-0.05, 0) is 26.0 Å². The molecule has 0 aromatic heterocycles. The smallest absolute Gasteiger partial charge is 0.139 e. The molecule has 17 heavy (non-hydrogen) atoms. The molecule has 0 aliphatic carbocycles. The van der Waals surface area contributed by atoms with Gasteiger partial charge in [0.1, 0.15) is 18.9 Å². The minimum Gasteiger partial charge on any atom is -1.00 e. The lowest BCUT2D eigenvalue weighted by Crippen LogP contribution is -3.12. The van der Waals surface area contributed by atoms with Gasteiger partial charge in [-0.3, -0.25) is 0 Å². The summed E-state index contributed by atoms with van der Waals surface area (Å²) < 4.78 is 5.61. The summed E-state index contributed by atoms with van der Waals surface area (Å²) in [6.07, 6.45) is 0. The number of hydrogen-bond donors (Lipinski definition) is 1. The van der Waals surface area contributed by atoms with Crippen molar-refractivity contribution in [2.75, 3.05) is 26.2 Å². The zero-order valence-electron chi connectivity index (χ0n) is 10.1.